The second-order valence-corrected chi connectivity index (χ2v) is 6.23. The highest BCUT2D eigenvalue weighted by Gasteiger charge is 2.35. The molecule has 0 spiro atoms. The number of benzene rings is 1. The van der Waals surface area contributed by atoms with E-state index < -0.39 is 0 Å². The van der Waals surface area contributed by atoms with Crippen LogP contribution < -0.4 is 10.1 Å². The maximum atomic E-state index is 5.86. The van der Waals surface area contributed by atoms with Crippen LogP contribution in [0.3, 0.4) is 0 Å². The van der Waals surface area contributed by atoms with Gasteiger partial charge >= 0.3 is 0 Å². The lowest BCUT2D eigenvalue weighted by atomic mass is 10.0. The fourth-order valence-corrected chi connectivity index (χ4v) is 3.71. The Bertz CT molecular complexity index is 406. The van der Waals surface area contributed by atoms with E-state index >= 15 is 0 Å². The van der Waals surface area contributed by atoms with Gasteiger partial charge in [-0.1, -0.05) is 18.6 Å². The summed E-state index contributed by atoms with van der Waals surface area (Å²) >= 11 is 0. The first kappa shape index (κ1) is 13.9. The van der Waals surface area contributed by atoms with Crippen molar-refractivity contribution in [2.75, 3.05) is 33.3 Å². The predicted molar refractivity (Wildman–Crippen MR) is 82.0 cm³/mol. The number of rotatable bonds is 6. The molecule has 1 heterocycles. The second-order valence-electron chi connectivity index (χ2n) is 6.23. The molecule has 1 N–H and O–H groups in total. The highest BCUT2D eigenvalue weighted by molar-refractivity contribution is 5.27. The molecule has 0 amide bonds. The van der Waals surface area contributed by atoms with Crippen molar-refractivity contribution in [1.82, 2.24) is 10.2 Å². The summed E-state index contributed by atoms with van der Waals surface area (Å²) in [5, 5.41) is 3.16. The van der Waals surface area contributed by atoms with Crippen LogP contribution in [0.4, 0.5) is 0 Å². The van der Waals surface area contributed by atoms with E-state index in [-0.39, 0.29) is 0 Å². The molecule has 1 aliphatic heterocycles. The van der Waals surface area contributed by atoms with Crippen LogP contribution in [0.15, 0.2) is 24.3 Å². The maximum Gasteiger partial charge on any atom is 0.119 e. The summed E-state index contributed by atoms with van der Waals surface area (Å²) in [5.74, 6) is 2.95. The minimum absolute atomic E-state index is 0.810. The van der Waals surface area contributed by atoms with E-state index in [2.05, 4.69) is 34.5 Å². The molecular weight excluding hydrogens is 248 g/mol. The summed E-state index contributed by atoms with van der Waals surface area (Å²) < 4.78 is 5.86. The van der Waals surface area contributed by atoms with Crippen LogP contribution in [-0.2, 0) is 6.54 Å². The number of nitrogens with zero attached hydrogens (tertiary/aromatic N) is 1. The summed E-state index contributed by atoms with van der Waals surface area (Å²) in [7, 11) is 1.97. The zero-order valence-electron chi connectivity index (χ0n) is 12.5. The summed E-state index contributed by atoms with van der Waals surface area (Å²) in [5.41, 5.74) is 1.30. The first-order valence-corrected chi connectivity index (χ1v) is 7.94. The van der Waals surface area contributed by atoms with Gasteiger partial charge < -0.3 is 10.1 Å². The maximum absolute atomic E-state index is 5.86. The minimum atomic E-state index is 0.810. The Morgan fingerprint density at radius 1 is 1.15 bits per heavy atom. The first-order valence-electron chi connectivity index (χ1n) is 7.94. The Morgan fingerprint density at radius 2 is 1.85 bits per heavy atom. The molecule has 20 heavy (non-hydrogen) atoms. The average molecular weight is 274 g/mol. The molecule has 110 valence electrons. The third-order valence-electron chi connectivity index (χ3n) is 4.78. The molecule has 3 rings (SSSR count). The van der Waals surface area contributed by atoms with E-state index in [1.807, 2.05) is 7.05 Å². The van der Waals surface area contributed by atoms with Crippen LogP contribution in [0.5, 0.6) is 5.75 Å². The van der Waals surface area contributed by atoms with Gasteiger partial charge in [-0.2, -0.15) is 0 Å². The zero-order valence-corrected chi connectivity index (χ0v) is 12.5. The number of hydrogen-bond donors (Lipinski definition) is 1. The molecule has 0 bridgehead atoms. The summed E-state index contributed by atoms with van der Waals surface area (Å²) in [6.07, 6.45) is 4.36. The number of nitrogens with one attached hydrogen (secondary N) is 1. The van der Waals surface area contributed by atoms with Crippen molar-refractivity contribution in [1.29, 1.82) is 0 Å². The van der Waals surface area contributed by atoms with Crippen molar-refractivity contribution in [2.24, 2.45) is 11.8 Å². The summed E-state index contributed by atoms with van der Waals surface area (Å²) in [6, 6.07) is 8.41. The van der Waals surface area contributed by atoms with Crippen molar-refractivity contribution in [2.45, 2.75) is 25.8 Å². The predicted octanol–water partition coefficient (Wildman–Crippen LogP) is 2.52. The second kappa shape index (κ2) is 6.59. The number of ether oxygens (including phenoxy) is 1. The number of likely N-dealkylation sites (tertiary alicyclic amines) is 1. The fraction of sp³-hybridized carbons (Fsp3) is 0.647. The van der Waals surface area contributed by atoms with Crippen molar-refractivity contribution in [3.8, 4) is 5.75 Å². The van der Waals surface area contributed by atoms with E-state index in [4.69, 9.17) is 4.74 Å². The van der Waals surface area contributed by atoms with Gasteiger partial charge in [0.15, 0.2) is 0 Å². The van der Waals surface area contributed by atoms with Crippen LogP contribution in [0.25, 0.3) is 0 Å². The Morgan fingerprint density at radius 3 is 2.50 bits per heavy atom. The van der Waals surface area contributed by atoms with E-state index in [9.17, 15) is 0 Å². The molecule has 2 unspecified atom stereocenters. The van der Waals surface area contributed by atoms with Crippen LogP contribution in [-0.4, -0.2) is 38.2 Å². The van der Waals surface area contributed by atoms with Crippen LogP contribution >= 0.6 is 0 Å². The van der Waals surface area contributed by atoms with Gasteiger partial charge in [-0.05, 0) is 49.4 Å². The van der Waals surface area contributed by atoms with Gasteiger partial charge in [-0.25, -0.2) is 0 Å². The molecular formula is C17H26N2O. The number of fused-ring (bicyclic) bond motifs is 1. The van der Waals surface area contributed by atoms with Crippen LogP contribution in [0.1, 0.15) is 24.8 Å². The molecule has 2 aliphatic rings. The molecule has 3 heteroatoms. The van der Waals surface area contributed by atoms with Gasteiger partial charge in [0.25, 0.3) is 0 Å². The van der Waals surface area contributed by atoms with Gasteiger partial charge in [0, 0.05) is 26.2 Å². The molecule has 1 saturated carbocycles. The molecule has 2 fully saturated rings. The standard InChI is InChI=1S/C17H26N2O/c1-18-11-14-5-7-17(8-6-14)20-10-9-19-12-15-3-2-4-16(15)13-19/h5-8,15-16,18H,2-4,9-13H2,1H3. The molecule has 1 aromatic rings. The van der Waals surface area contributed by atoms with Gasteiger partial charge in [-0.15, -0.1) is 0 Å². The Balaban J connectivity index is 1.39. The van der Waals surface area contributed by atoms with Gasteiger partial charge in [-0.3, -0.25) is 4.90 Å². The SMILES string of the molecule is CNCc1ccc(OCCN2CC3CCCC3C2)cc1. The monoisotopic (exact) mass is 274 g/mol. The molecule has 2 atom stereocenters. The van der Waals surface area contributed by atoms with E-state index in [0.29, 0.717) is 0 Å². The third-order valence-corrected chi connectivity index (χ3v) is 4.78. The minimum Gasteiger partial charge on any atom is -0.492 e. The smallest absolute Gasteiger partial charge is 0.119 e. The molecule has 1 aromatic carbocycles. The van der Waals surface area contributed by atoms with E-state index in [0.717, 1.165) is 37.3 Å². The van der Waals surface area contributed by atoms with Crippen LogP contribution in [0, 0.1) is 11.8 Å². The lowest BCUT2D eigenvalue weighted by Gasteiger charge is -2.17. The van der Waals surface area contributed by atoms with Crippen molar-refractivity contribution in [3.63, 3.8) is 0 Å². The molecule has 0 aromatic heterocycles. The van der Waals surface area contributed by atoms with Crippen molar-refractivity contribution < 1.29 is 4.74 Å². The first-order chi connectivity index (χ1) is 9.85. The van der Waals surface area contributed by atoms with Crippen molar-refractivity contribution >= 4 is 0 Å². The molecule has 0 radical (unpaired) electrons. The average Bonchev–Trinajstić information content (AvgIpc) is 3.02. The summed E-state index contributed by atoms with van der Waals surface area (Å²) in [4.78, 5) is 2.59. The van der Waals surface area contributed by atoms with E-state index in [1.165, 1.54) is 37.9 Å². The topological polar surface area (TPSA) is 24.5 Å². The Hall–Kier alpha value is -1.06. The van der Waals surface area contributed by atoms with E-state index in [1.54, 1.807) is 0 Å². The van der Waals surface area contributed by atoms with Crippen molar-refractivity contribution in [3.05, 3.63) is 29.8 Å². The highest BCUT2D eigenvalue weighted by atomic mass is 16.5. The summed E-state index contributed by atoms with van der Waals surface area (Å²) in [6.45, 7) is 5.40. The fourth-order valence-electron chi connectivity index (χ4n) is 3.71. The quantitative estimate of drug-likeness (QED) is 0.862. The van der Waals surface area contributed by atoms with Gasteiger partial charge in [0.05, 0.1) is 0 Å². The number of hydrogen-bond acceptors (Lipinski definition) is 3. The molecule has 1 saturated heterocycles. The lowest BCUT2D eigenvalue weighted by Crippen LogP contribution is -2.27. The largest absolute Gasteiger partial charge is 0.492 e. The molecule has 1 aliphatic carbocycles. The lowest BCUT2D eigenvalue weighted by molar-refractivity contribution is 0.227. The van der Waals surface area contributed by atoms with Gasteiger partial charge in [0.1, 0.15) is 12.4 Å². The third kappa shape index (κ3) is 3.33. The highest BCUT2D eigenvalue weighted by Crippen LogP contribution is 2.37. The van der Waals surface area contributed by atoms with Crippen LogP contribution in [0.2, 0.25) is 0 Å². The Labute approximate surface area is 122 Å². The molecule has 3 nitrogen and oxygen atoms in total. The Kier molecular flexibility index (Phi) is 4.58. The van der Waals surface area contributed by atoms with Gasteiger partial charge in [0.2, 0.25) is 0 Å². The normalized spacial score (nSPS) is 25.9. The zero-order chi connectivity index (χ0) is 13.8.